The van der Waals surface area contributed by atoms with Crippen LogP contribution in [0.2, 0.25) is 0 Å². The van der Waals surface area contributed by atoms with E-state index < -0.39 is 0 Å². The first-order valence-electron chi connectivity index (χ1n) is 7.19. The van der Waals surface area contributed by atoms with Gasteiger partial charge in [-0.1, -0.05) is 43.1 Å². The number of nitrogens with two attached hydrogens (primary N) is 1. The minimum Gasteiger partial charge on any atom is -0.488 e. The molecule has 1 fully saturated rings. The molecule has 0 bridgehead atoms. The van der Waals surface area contributed by atoms with Gasteiger partial charge in [0, 0.05) is 4.47 Å². The number of nitrogen functional groups attached to an aromatic ring is 1. The predicted molar refractivity (Wildman–Crippen MR) is 84.3 cm³/mol. The van der Waals surface area contributed by atoms with Crippen LogP contribution in [0.3, 0.4) is 0 Å². The third-order valence-corrected chi connectivity index (χ3v) is 4.70. The van der Waals surface area contributed by atoms with Crippen molar-refractivity contribution in [3.05, 3.63) is 22.7 Å². The summed E-state index contributed by atoms with van der Waals surface area (Å²) in [6, 6.07) is 5.87. The average Bonchev–Trinajstić information content (AvgIpc) is 2.32. The van der Waals surface area contributed by atoms with E-state index in [1.807, 2.05) is 18.2 Å². The van der Waals surface area contributed by atoms with Gasteiger partial charge in [0.25, 0.3) is 0 Å². The van der Waals surface area contributed by atoms with E-state index in [4.69, 9.17) is 10.5 Å². The maximum absolute atomic E-state index is 6.24. The van der Waals surface area contributed by atoms with Gasteiger partial charge < -0.3 is 10.5 Å². The van der Waals surface area contributed by atoms with Gasteiger partial charge in [0.15, 0.2) is 0 Å². The maximum Gasteiger partial charge on any atom is 0.142 e. The molecule has 3 atom stereocenters. The van der Waals surface area contributed by atoms with Gasteiger partial charge in [-0.3, -0.25) is 0 Å². The van der Waals surface area contributed by atoms with Gasteiger partial charge in [0.2, 0.25) is 0 Å². The Bertz CT molecular complexity index is 433. The van der Waals surface area contributed by atoms with E-state index in [1.165, 1.54) is 12.8 Å². The molecule has 0 heterocycles. The number of rotatable bonds is 3. The highest BCUT2D eigenvalue weighted by molar-refractivity contribution is 9.10. The summed E-state index contributed by atoms with van der Waals surface area (Å²) in [5.74, 6) is 2.87. The molecule has 1 aromatic rings. The lowest BCUT2D eigenvalue weighted by Gasteiger charge is -2.37. The molecule has 2 rings (SSSR count). The lowest BCUT2D eigenvalue weighted by atomic mass is 9.75. The lowest BCUT2D eigenvalue weighted by Crippen LogP contribution is -2.36. The van der Waals surface area contributed by atoms with E-state index >= 15 is 0 Å². The molecule has 1 aromatic carbocycles. The molecule has 2 nitrogen and oxygen atoms in total. The summed E-state index contributed by atoms with van der Waals surface area (Å²) in [6.45, 7) is 6.90. The third kappa shape index (κ3) is 3.65. The highest BCUT2D eigenvalue weighted by atomic mass is 79.9. The van der Waals surface area contributed by atoms with Crippen molar-refractivity contribution in [1.29, 1.82) is 0 Å². The molecule has 1 aliphatic rings. The molecule has 1 saturated carbocycles. The van der Waals surface area contributed by atoms with Crippen molar-refractivity contribution in [2.24, 2.45) is 17.8 Å². The number of anilines is 1. The first-order valence-corrected chi connectivity index (χ1v) is 7.98. The van der Waals surface area contributed by atoms with Gasteiger partial charge in [0.1, 0.15) is 11.9 Å². The maximum atomic E-state index is 6.24. The van der Waals surface area contributed by atoms with Crippen LogP contribution in [-0.4, -0.2) is 6.10 Å². The Labute approximate surface area is 124 Å². The molecule has 3 unspecified atom stereocenters. The van der Waals surface area contributed by atoms with Crippen LogP contribution in [0.5, 0.6) is 5.75 Å². The van der Waals surface area contributed by atoms with E-state index in [9.17, 15) is 0 Å². The highest BCUT2D eigenvalue weighted by Crippen LogP contribution is 2.37. The molecule has 0 amide bonds. The first-order chi connectivity index (χ1) is 8.97. The summed E-state index contributed by atoms with van der Waals surface area (Å²) in [7, 11) is 0. The summed E-state index contributed by atoms with van der Waals surface area (Å²) in [5, 5.41) is 0. The second-order valence-electron chi connectivity index (χ2n) is 6.16. The Balaban J connectivity index is 2.14. The Hall–Kier alpha value is -0.700. The van der Waals surface area contributed by atoms with E-state index in [0.29, 0.717) is 17.9 Å². The fourth-order valence-corrected chi connectivity index (χ4v) is 3.42. The van der Waals surface area contributed by atoms with Crippen LogP contribution in [0.4, 0.5) is 5.69 Å². The van der Waals surface area contributed by atoms with Crippen LogP contribution >= 0.6 is 15.9 Å². The largest absolute Gasteiger partial charge is 0.488 e. The molecular weight excluding hydrogens is 302 g/mol. The fourth-order valence-electron chi connectivity index (χ4n) is 3.04. The van der Waals surface area contributed by atoms with Crippen LogP contribution in [-0.2, 0) is 0 Å². The van der Waals surface area contributed by atoms with Gasteiger partial charge in [-0.25, -0.2) is 0 Å². The zero-order valence-corrected chi connectivity index (χ0v) is 13.6. The Morgan fingerprint density at radius 1 is 1.32 bits per heavy atom. The van der Waals surface area contributed by atoms with Crippen molar-refractivity contribution in [3.8, 4) is 5.75 Å². The van der Waals surface area contributed by atoms with Crippen molar-refractivity contribution in [2.45, 2.75) is 46.1 Å². The van der Waals surface area contributed by atoms with Crippen molar-refractivity contribution < 1.29 is 4.74 Å². The fraction of sp³-hybridized carbons (Fsp3) is 0.625. The zero-order chi connectivity index (χ0) is 14.0. The van der Waals surface area contributed by atoms with Crippen molar-refractivity contribution in [1.82, 2.24) is 0 Å². The SMILES string of the molecule is CC1CCC(C(C)C)C(Oc2ccc(Br)cc2N)C1. The molecule has 0 spiro atoms. The quantitative estimate of drug-likeness (QED) is 0.804. The number of hydrogen-bond donors (Lipinski definition) is 1. The Morgan fingerprint density at radius 3 is 2.68 bits per heavy atom. The van der Waals surface area contributed by atoms with Crippen LogP contribution in [0.25, 0.3) is 0 Å². The molecular formula is C16H24BrNO. The number of hydrogen-bond acceptors (Lipinski definition) is 2. The number of benzene rings is 1. The van der Waals surface area contributed by atoms with Crippen LogP contribution in [0.1, 0.15) is 40.0 Å². The predicted octanol–water partition coefficient (Wildman–Crippen LogP) is 4.87. The van der Waals surface area contributed by atoms with Crippen molar-refractivity contribution in [2.75, 3.05) is 5.73 Å². The summed E-state index contributed by atoms with van der Waals surface area (Å²) >= 11 is 3.43. The summed E-state index contributed by atoms with van der Waals surface area (Å²) in [4.78, 5) is 0. The number of ether oxygens (including phenoxy) is 1. The smallest absolute Gasteiger partial charge is 0.142 e. The second-order valence-corrected chi connectivity index (χ2v) is 7.08. The minimum absolute atomic E-state index is 0.298. The van der Waals surface area contributed by atoms with Gasteiger partial charge >= 0.3 is 0 Å². The van der Waals surface area contributed by atoms with Crippen LogP contribution < -0.4 is 10.5 Å². The first kappa shape index (κ1) is 14.7. The standard InChI is InChI=1S/C16H24BrNO/c1-10(2)13-6-4-11(3)8-16(13)19-15-7-5-12(17)9-14(15)18/h5,7,9-11,13,16H,4,6,8,18H2,1-3H3. The van der Waals surface area contributed by atoms with Gasteiger partial charge in [-0.2, -0.15) is 0 Å². The Morgan fingerprint density at radius 2 is 2.05 bits per heavy atom. The topological polar surface area (TPSA) is 35.2 Å². The second kappa shape index (κ2) is 6.17. The number of halogens is 1. The summed E-state index contributed by atoms with van der Waals surface area (Å²) in [5.41, 5.74) is 6.76. The van der Waals surface area contributed by atoms with Crippen LogP contribution in [0.15, 0.2) is 22.7 Å². The minimum atomic E-state index is 0.298. The van der Waals surface area contributed by atoms with E-state index in [2.05, 4.69) is 36.7 Å². The molecule has 0 aromatic heterocycles. The van der Waals surface area contributed by atoms with Crippen molar-refractivity contribution in [3.63, 3.8) is 0 Å². The summed E-state index contributed by atoms with van der Waals surface area (Å²) < 4.78 is 7.23. The molecule has 3 heteroatoms. The molecule has 19 heavy (non-hydrogen) atoms. The molecule has 1 aliphatic carbocycles. The Kier molecular flexibility index (Phi) is 4.77. The van der Waals surface area contributed by atoms with E-state index in [1.54, 1.807) is 0 Å². The van der Waals surface area contributed by atoms with Gasteiger partial charge in [-0.05, 0) is 48.8 Å². The normalized spacial score (nSPS) is 27.5. The van der Waals surface area contributed by atoms with Crippen LogP contribution in [0, 0.1) is 17.8 Å². The van der Waals surface area contributed by atoms with Crippen molar-refractivity contribution >= 4 is 21.6 Å². The summed E-state index contributed by atoms with van der Waals surface area (Å²) in [6.07, 6.45) is 4.02. The monoisotopic (exact) mass is 325 g/mol. The molecule has 0 aliphatic heterocycles. The lowest BCUT2D eigenvalue weighted by molar-refractivity contribution is 0.0466. The molecule has 0 radical (unpaired) electrons. The van der Waals surface area contributed by atoms with Gasteiger partial charge in [0.05, 0.1) is 5.69 Å². The third-order valence-electron chi connectivity index (χ3n) is 4.21. The zero-order valence-electron chi connectivity index (χ0n) is 12.0. The molecule has 2 N–H and O–H groups in total. The molecule has 106 valence electrons. The molecule has 0 saturated heterocycles. The highest BCUT2D eigenvalue weighted by Gasteiger charge is 2.32. The van der Waals surface area contributed by atoms with Gasteiger partial charge in [-0.15, -0.1) is 0 Å². The van der Waals surface area contributed by atoms with E-state index in [0.717, 1.165) is 28.2 Å². The van der Waals surface area contributed by atoms with E-state index in [-0.39, 0.29) is 0 Å². The average molecular weight is 326 g/mol.